The van der Waals surface area contributed by atoms with Crippen molar-refractivity contribution in [2.75, 3.05) is 0 Å². The van der Waals surface area contributed by atoms with Crippen LogP contribution in [0.25, 0.3) is 10.9 Å². The van der Waals surface area contributed by atoms with E-state index in [-0.39, 0.29) is 0 Å². The van der Waals surface area contributed by atoms with E-state index in [2.05, 4.69) is 26.7 Å². The van der Waals surface area contributed by atoms with Gasteiger partial charge in [-0.2, -0.15) is 0 Å². The molecule has 2 radical (unpaired) electrons. The lowest BCUT2D eigenvalue weighted by molar-refractivity contribution is -0.657. The molecule has 5 heteroatoms. The zero-order valence-corrected chi connectivity index (χ0v) is 11.0. The first-order valence-corrected chi connectivity index (χ1v) is 6.15. The fourth-order valence-corrected chi connectivity index (χ4v) is 2.09. The summed E-state index contributed by atoms with van der Waals surface area (Å²) in [5.74, 6) is 0. The third-order valence-corrected chi connectivity index (χ3v) is 3.20. The molecule has 1 aromatic carbocycles. The van der Waals surface area contributed by atoms with Crippen LogP contribution in [0.1, 0.15) is 0 Å². The predicted molar refractivity (Wildman–Crippen MR) is 73.4 cm³/mol. The minimum absolute atomic E-state index is 0.876. The van der Waals surface area contributed by atoms with Gasteiger partial charge in [-0.15, -0.1) is 9.97 Å². The summed E-state index contributed by atoms with van der Waals surface area (Å²) >= 11 is 0. The van der Waals surface area contributed by atoms with E-state index >= 15 is 0 Å². The lowest BCUT2D eigenvalue weighted by Gasteiger charge is -2.10. The summed E-state index contributed by atoms with van der Waals surface area (Å²) in [6, 6.07) is 10.1. The number of hydrogen-bond acceptors (Lipinski definition) is 2. The molecule has 0 saturated heterocycles. The number of benzene rings is 1. The Hall–Kier alpha value is -2.30. The van der Waals surface area contributed by atoms with Crippen molar-refractivity contribution in [1.29, 1.82) is 0 Å². The van der Waals surface area contributed by atoms with Crippen molar-refractivity contribution in [3.05, 3.63) is 48.9 Å². The average Bonchev–Trinajstić information content (AvgIpc) is 2.44. The maximum Gasteiger partial charge on any atom is 0.146 e. The van der Waals surface area contributed by atoms with Crippen LogP contribution in [0.5, 0.6) is 0 Å². The van der Waals surface area contributed by atoms with Crippen LogP contribution >= 0.6 is 0 Å². The number of aromatic nitrogens is 4. The van der Waals surface area contributed by atoms with Gasteiger partial charge in [0.2, 0.25) is 0 Å². The molecule has 0 amide bonds. The highest BCUT2D eigenvalue weighted by atomic mass is 15.0. The van der Waals surface area contributed by atoms with E-state index in [4.69, 9.17) is 0 Å². The van der Waals surface area contributed by atoms with Crippen molar-refractivity contribution in [3.8, 4) is 0 Å². The van der Waals surface area contributed by atoms with E-state index in [0.29, 0.717) is 0 Å². The topological polar surface area (TPSA) is 33.5 Å². The second-order valence-electron chi connectivity index (χ2n) is 4.47. The van der Waals surface area contributed by atoms with Crippen molar-refractivity contribution in [2.24, 2.45) is 14.1 Å². The standard InChI is InChI=1S/C14H14BN4/c1-18-9-5-8-16-13(18)15-14-17-10-11-6-3-4-7-12(11)19(14)2/h3-10H,1-2H3/q+1. The quantitative estimate of drug-likeness (QED) is 0.428. The first kappa shape index (κ1) is 11.8. The maximum absolute atomic E-state index is 4.50. The lowest BCUT2D eigenvalue weighted by Crippen LogP contribution is -2.61. The maximum atomic E-state index is 4.50. The largest absolute Gasteiger partial charge is 0.278 e. The van der Waals surface area contributed by atoms with Crippen molar-refractivity contribution in [3.63, 3.8) is 0 Å². The molecule has 0 N–H and O–H groups in total. The van der Waals surface area contributed by atoms with Crippen LogP contribution in [0.15, 0.2) is 48.9 Å². The number of rotatable bonds is 2. The van der Waals surface area contributed by atoms with Gasteiger partial charge in [-0.1, -0.05) is 12.1 Å². The summed E-state index contributed by atoms with van der Waals surface area (Å²) in [6.07, 6.45) is 5.65. The Balaban J connectivity index is 2.07. The smallest absolute Gasteiger partial charge is 0.146 e. The number of aryl methyl sites for hydroxylation is 2. The van der Waals surface area contributed by atoms with E-state index in [0.717, 1.165) is 22.4 Å². The summed E-state index contributed by atoms with van der Waals surface area (Å²) in [5.41, 5.74) is 2.91. The van der Waals surface area contributed by atoms with E-state index in [1.165, 1.54) is 0 Å². The molecule has 92 valence electrons. The molecule has 3 aromatic rings. The molecule has 2 heterocycles. The summed E-state index contributed by atoms with van der Waals surface area (Å²) in [6.45, 7) is 0. The molecule has 0 bridgehead atoms. The van der Waals surface area contributed by atoms with Gasteiger partial charge in [-0.05, 0) is 19.4 Å². The Morgan fingerprint density at radius 2 is 1.84 bits per heavy atom. The van der Waals surface area contributed by atoms with E-state index < -0.39 is 0 Å². The summed E-state index contributed by atoms with van der Waals surface area (Å²) in [4.78, 5) is 8.85. The van der Waals surface area contributed by atoms with Crippen molar-refractivity contribution < 1.29 is 9.13 Å². The molecule has 3 rings (SSSR count). The van der Waals surface area contributed by atoms with Gasteiger partial charge in [-0.3, -0.25) is 9.13 Å². The van der Waals surface area contributed by atoms with Gasteiger partial charge in [0, 0.05) is 6.07 Å². The van der Waals surface area contributed by atoms with Crippen LogP contribution in [-0.4, -0.2) is 17.2 Å². The molecule has 0 aliphatic rings. The Kier molecular flexibility index (Phi) is 2.95. The van der Waals surface area contributed by atoms with Crippen molar-refractivity contribution in [1.82, 2.24) is 9.97 Å². The van der Waals surface area contributed by atoms with Crippen LogP contribution in [0.4, 0.5) is 0 Å². The first-order valence-electron chi connectivity index (χ1n) is 6.15. The fourth-order valence-electron chi connectivity index (χ4n) is 2.09. The zero-order chi connectivity index (χ0) is 13.2. The summed E-state index contributed by atoms with van der Waals surface area (Å²) < 4.78 is 4.04. The molecule has 19 heavy (non-hydrogen) atoms. The third-order valence-electron chi connectivity index (χ3n) is 3.20. The van der Waals surface area contributed by atoms with Crippen LogP contribution < -0.4 is 20.6 Å². The molecule has 0 saturated carbocycles. The molecule has 0 fully saturated rings. The number of hydrogen-bond donors (Lipinski definition) is 0. The van der Waals surface area contributed by atoms with Gasteiger partial charge in [0.25, 0.3) is 0 Å². The minimum Gasteiger partial charge on any atom is -0.278 e. The Bertz CT molecular complexity index is 742. The van der Waals surface area contributed by atoms with E-state index in [1.54, 1.807) is 6.20 Å². The zero-order valence-electron chi connectivity index (χ0n) is 11.0. The molecule has 0 aliphatic heterocycles. The number of fused-ring (bicyclic) bond motifs is 1. The fraction of sp³-hybridized carbons (Fsp3) is 0.143. The summed E-state index contributed by atoms with van der Waals surface area (Å²) in [5, 5.41) is 1.13. The second kappa shape index (κ2) is 4.76. The summed E-state index contributed by atoms with van der Waals surface area (Å²) in [7, 11) is 5.97. The molecule has 4 nitrogen and oxygen atoms in total. The van der Waals surface area contributed by atoms with Crippen molar-refractivity contribution >= 4 is 29.6 Å². The Labute approximate surface area is 112 Å². The van der Waals surface area contributed by atoms with Crippen LogP contribution in [0.2, 0.25) is 0 Å². The molecule has 0 spiro atoms. The highest BCUT2D eigenvalue weighted by molar-refractivity contribution is 6.62. The minimum atomic E-state index is 0.876. The van der Waals surface area contributed by atoms with E-state index in [9.17, 15) is 0 Å². The predicted octanol–water partition coefficient (Wildman–Crippen LogP) is -1.07. The molecular weight excluding hydrogens is 235 g/mol. The Morgan fingerprint density at radius 3 is 2.68 bits per heavy atom. The van der Waals surface area contributed by atoms with Crippen LogP contribution in [-0.2, 0) is 14.1 Å². The second-order valence-corrected chi connectivity index (χ2v) is 4.47. The number of nitrogens with zero attached hydrogens (tertiary/aromatic N) is 4. The normalized spacial score (nSPS) is 10.8. The first-order chi connectivity index (χ1) is 9.25. The van der Waals surface area contributed by atoms with E-state index in [1.807, 2.05) is 56.5 Å². The van der Waals surface area contributed by atoms with Gasteiger partial charge in [0.05, 0.1) is 37.1 Å². The van der Waals surface area contributed by atoms with Gasteiger partial charge in [0.1, 0.15) is 17.9 Å². The third kappa shape index (κ3) is 2.19. The number of para-hydroxylation sites is 1. The van der Waals surface area contributed by atoms with Gasteiger partial charge in [0.15, 0.2) is 0 Å². The highest BCUT2D eigenvalue weighted by Crippen LogP contribution is 2.04. The molecular formula is C14H14BN4+. The van der Waals surface area contributed by atoms with Gasteiger partial charge in [-0.25, -0.2) is 0 Å². The van der Waals surface area contributed by atoms with Crippen LogP contribution in [0, 0.1) is 0 Å². The highest BCUT2D eigenvalue weighted by Gasteiger charge is 2.07. The van der Waals surface area contributed by atoms with Crippen LogP contribution in [0.3, 0.4) is 0 Å². The van der Waals surface area contributed by atoms with Gasteiger partial charge < -0.3 is 0 Å². The monoisotopic (exact) mass is 249 g/mol. The lowest BCUT2D eigenvalue weighted by atomic mass is 9.75. The SMILES string of the molecule is C[n+]1cccnc1[B-]c1ncc2ccccc2[n+]1C. The van der Waals surface area contributed by atoms with Gasteiger partial charge >= 0.3 is 0 Å². The van der Waals surface area contributed by atoms with Crippen molar-refractivity contribution in [2.45, 2.75) is 0 Å². The Morgan fingerprint density at radius 1 is 1.00 bits per heavy atom. The molecule has 2 aromatic heterocycles. The molecule has 0 unspecified atom stereocenters. The molecule has 0 atom stereocenters. The molecule has 0 aliphatic carbocycles. The average molecular weight is 249 g/mol.